The van der Waals surface area contributed by atoms with Crippen LogP contribution >= 0.6 is 39.3 Å². The van der Waals surface area contributed by atoms with Crippen LogP contribution in [0.2, 0.25) is 5.02 Å². The van der Waals surface area contributed by atoms with Gasteiger partial charge in [-0.05, 0) is 46.3 Å². The van der Waals surface area contributed by atoms with E-state index in [0.717, 1.165) is 22.3 Å². The lowest BCUT2D eigenvalue weighted by atomic mass is 10.2. The first kappa shape index (κ1) is 18.2. The molecule has 0 radical (unpaired) electrons. The monoisotopic (exact) mass is 423 g/mol. The fourth-order valence-corrected chi connectivity index (χ4v) is 3.05. The third-order valence-electron chi connectivity index (χ3n) is 2.76. The van der Waals surface area contributed by atoms with Crippen molar-refractivity contribution in [3.05, 3.63) is 57.5 Å². The predicted molar refractivity (Wildman–Crippen MR) is 89.9 cm³/mol. The van der Waals surface area contributed by atoms with Crippen molar-refractivity contribution >= 4 is 50.9 Å². The average molecular weight is 425 g/mol. The Hall–Kier alpha value is -1.18. The highest BCUT2D eigenvalue weighted by Gasteiger charge is 2.33. The molecule has 2 aromatic carbocycles. The van der Waals surface area contributed by atoms with Gasteiger partial charge in [-0.15, -0.1) is 11.8 Å². The zero-order valence-electron chi connectivity index (χ0n) is 11.5. The number of carbonyl (C=O) groups excluding carboxylic acids is 1. The van der Waals surface area contributed by atoms with Gasteiger partial charge in [0.2, 0.25) is 5.91 Å². The number of hydrogen-bond acceptors (Lipinski definition) is 2. The first-order valence-electron chi connectivity index (χ1n) is 6.31. The summed E-state index contributed by atoms with van der Waals surface area (Å²) in [5, 5.41) is 2.32. The summed E-state index contributed by atoms with van der Waals surface area (Å²) in [7, 11) is 0. The minimum absolute atomic E-state index is 0.0136. The maximum absolute atomic E-state index is 12.8. The number of thioether (sulfide) groups is 1. The lowest BCUT2D eigenvalue weighted by Gasteiger charge is -2.11. The van der Waals surface area contributed by atoms with Crippen LogP contribution < -0.4 is 5.32 Å². The number of anilines is 1. The molecule has 0 unspecified atom stereocenters. The predicted octanol–water partition coefficient (Wildman–Crippen LogP) is 5.85. The van der Waals surface area contributed by atoms with Crippen molar-refractivity contribution in [3.8, 4) is 0 Å². The number of alkyl halides is 3. The first-order valence-corrected chi connectivity index (χ1v) is 8.47. The van der Waals surface area contributed by atoms with Crippen molar-refractivity contribution in [3.63, 3.8) is 0 Å². The highest BCUT2D eigenvalue weighted by Crippen LogP contribution is 2.37. The van der Waals surface area contributed by atoms with Crippen LogP contribution in [0.15, 0.2) is 51.8 Å². The van der Waals surface area contributed by atoms with Gasteiger partial charge >= 0.3 is 6.18 Å². The molecule has 1 amide bonds. The van der Waals surface area contributed by atoms with Crippen molar-refractivity contribution in [2.45, 2.75) is 11.1 Å². The summed E-state index contributed by atoms with van der Waals surface area (Å²) in [5.41, 5.74) is -0.305. The summed E-state index contributed by atoms with van der Waals surface area (Å²) in [5.74, 6) is -0.328. The molecule has 0 saturated heterocycles. The highest BCUT2D eigenvalue weighted by molar-refractivity contribution is 9.10. The molecule has 0 fully saturated rings. The molecule has 122 valence electrons. The second-order valence-electron chi connectivity index (χ2n) is 4.46. The van der Waals surface area contributed by atoms with E-state index in [9.17, 15) is 18.0 Å². The van der Waals surface area contributed by atoms with Crippen molar-refractivity contribution in [2.24, 2.45) is 0 Å². The number of amides is 1. The van der Waals surface area contributed by atoms with E-state index < -0.39 is 11.7 Å². The van der Waals surface area contributed by atoms with Crippen LogP contribution in [0.3, 0.4) is 0 Å². The molecule has 23 heavy (non-hydrogen) atoms. The number of carbonyl (C=O) groups is 1. The van der Waals surface area contributed by atoms with E-state index in [1.807, 2.05) is 0 Å². The van der Waals surface area contributed by atoms with Gasteiger partial charge in [0, 0.05) is 9.37 Å². The number of halogens is 5. The Morgan fingerprint density at radius 2 is 1.91 bits per heavy atom. The minimum atomic E-state index is -4.52. The van der Waals surface area contributed by atoms with E-state index in [0.29, 0.717) is 10.6 Å². The lowest BCUT2D eigenvalue weighted by Crippen LogP contribution is -2.14. The van der Waals surface area contributed by atoms with Crippen LogP contribution in [-0.4, -0.2) is 11.7 Å². The highest BCUT2D eigenvalue weighted by atomic mass is 79.9. The van der Waals surface area contributed by atoms with Gasteiger partial charge in [-0.2, -0.15) is 13.2 Å². The summed E-state index contributed by atoms with van der Waals surface area (Å²) in [6.45, 7) is 0. The molecule has 0 bridgehead atoms. The van der Waals surface area contributed by atoms with Crippen molar-refractivity contribution in [1.82, 2.24) is 0 Å². The van der Waals surface area contributed by atoms with Gasteiger partial charge in [0.1, 0.15) is 0 Å². The Labute approximate surface area is 148 Å². The van der Waals surface area contributed by atoms with Gasteiger partial charge in [0.25, 0.3) is 0 Å². The standard InChI is InChI=1S/C15H10BrClF3NOS/c16-11-3-1-2-4-13(11)21-14(22)8-23-9-5-6-12(17)10(7-9)15(18,19)20/h1-7H,8H2,(H,21,22). The number of rotatable bonds is 4. The molecular weight excluding hydrogens is 415 g/mol. The zero-order chi connectivity index (χ0) is 17.0. The number of para-hydroxylation sites is 1. The summed E-state index contributed by atoms with van der Waals surface area (Å²) >= 11 is 9.86. The van der Waals surface area contributed by atoms with E-state index in [1.165, 1.54) is 12.1 Å². The van der Waals surface area contributed by atoms with Crippen molar-refractivity contribution in [1.29, 1.82) is 0 Å². The summed E-state index contributed by atoms with van der Waals surface area (Å²) < 4.78 is 39.1. The van der Waals surface area contributed by atoms with E-state index >= 15 is 0 Å². The second-order valence-corrected chi connectivity index (χ2v) is 6.77. The minimum Gasteiger partial charge on any atom is -0.324 e. The normalized spacial score (nSPS) is 11.3. The topological polar surface area (TPSA) is 29.1 Å². The maximum atomic E-state index is 12.8. The summed E-state index contributed by atoms with van der Waals surface area (Å²) in [6, 6.07) is 10.6. The van der Waals surface area contributed by atoms with Crippen LogP contribution in [0.1, 0.15) is 5.56 Å². The van der Waals surface area contributed by atoms with Gasteiger partial charge in [0.05, 0.1) is 22.0 Å². The Morgan fingerprint density at radius 3 is 2.57 bits per heavy atom. The number of nitrogens with one attached hydrogen (secondary N) is 1. The van der Waals surface area contributed by atoms with Crippen molar-refractivity contribution < 1.29 is 18.0 Å². The van der Waals surface area contributed by atoms with Gasteiger partial charge in [0.15, 0.2) is 0 Å². The summed E-state index contributed by atoms with van der Waals surface area (Å²) in [6.07, 6.45) is -4.52. The molecule has 2 rings (SSSR count). The molecule has 0 aliphatic heterocycles. The van der Waals surface area contributed by atoms with Gasteiger partial charge in [-0.3, -0.25) is 4.79 Å². The number of hydrogen-bond donors (Lipinski definition) is 1. The van der Waals surface area contributed by atoms with E-state index in [4.69, 9.17) is 11.6 Å². The molecule has 0 aliphatic carbocycles. The van der Waals surface area contributed by atoms with Crippen LogP contribution in [0.5, 0.6) is 0 Å². The zero-order valence-corrected chi connectivity index (χ0v) is 14.6. The van der Waals surface area contributed by atoms with Crippen LogP contribution in [-0.2, 0) is 11.0 Å². The Balaban J connectivity index is 2.01. The third-order valence-corrected chi connectivity index (χ3v) is 4.78. The average Bonchev–Trinajstić information content (AvgIpc) is 2.47. The number of benzene rings is 2. The molecule has 0 aliphatic rings. The smallest absolute Gasteiger partial charge is 0.324 e. The molecular formula is C15H10BrClF3NOS. The van der Waals surface area contributed by atoms with Crippen LogP contribution in [0.25, 0.3) is 0 Å². The molecule has 2 nitrogen and oxygen atoms in total. The first-order chi connectivity index (χ1) is 10.8. The fourth-order valence-electron chi connectivity index (χ4n) is 1.71. The third kappa shape index (κ3) is 5.16. The van der Waals surface area contributed by atoms with E-state index in [-0.39, 0.29) is 16.7 Å². The maximum Gasteiger partial charge on any atom is 0.417 e. The van der Waals surface area contributed by atoms with Crippen molar-refractivity contribution in [2.75, 3.05) is 11.1 Å². The Morgan fingerprint density at radius 1 is 1.22 bits per heavy atom. The molecule has 8 heteroatoms. The molecule has 0 saturated carbocycles. The summed E-state index contributed by atoms with van der Waals surface area (Å²) in [4.78, 5) is 12.2. The SMILES string of the molecule is O=C(CSc1ccc(Cl)c(C(F)(F)F)c1)Nc1ccccc1Br. The van der Waals surface area contributed by atoms with E-state index in [2.05, 4.69) is 21.2 Å². The molecule has 1 N–H and O–H groups in total. The second kappa shape index (κ2) is 7.59. The largest absolute Gasteiger partial charge is 0.417 e. The van der Waals surface area contributed by atoms with Crippen LogP contribution in [0.4, 0.5) is 18.9 Å². The molecule has 0 atom stereocenters. The Bertz CT molecular complexity index is 724. The van der Waals surface area contributed by atoms with Gasteiger partial charge in [-0.25, -0.2) is 0 Å². The fraction of sp³-hybridized carbons (Fsp3) is 0.133. The van der Waals surface area contributed by atoms with Gasteiger partial charge in [-0.1, -0.05) is 23.7 Å². The van der Waals surface area contributed by atoms with Crippen LogP contribution in [0, 0.1) is 0 Å². The quantitative estimate of drug-likeness (QED) is 0.624. The lowest BCUT2D eigenvalue weighted by molar-refractivity contribution is -0.137. The van der Waals surface area contributed by atoms with E-state index in [1.54, 1.807) is 24.3 Å². The Kier molecular flexibility index (Phi) is 6.00. The molecule has 2 aromatic rings. The molecule has 0 spiro atoms. The van der Waals surface area contributed by atoms with Gasteiger partial charge < -0.3 is 5.32 Å². The molecule has 0 aromatic heterocycles. The molecule has 0 heterocycles.